The number of rotatable bonds is 6. The third-order valence-corrected chi connectivity index (χ3v) is 4.88. The van der Waals surface area contributed by atoms with Crippen LogP contribution in [0.5, 0.6) is 11.5 Å². The van der Waals surface area contributed by atoms with Crippen molar-refractivity contribution in [2.24, 2.45) is 5.10 Å². The molecule has 1 heterocycles. The van der Waals surface area contributed by atoms with Crippen molar-refractivity contribution in [3.63, 3.8) is 0 Å². The number of carbonyl (C=O) groups excluding carboxylic acids is 1. The summed E-state index contributed by atoms with van der Waals surface area (Å²) < 4.78 is 0. The van der Waals surface area contributed by atoms with Crippen LogP contribution in [0.2, 0.25) is 0 Å². The van der Waals surface area contributed by atoms with Gasteiger partial charge in [0.25, 0.3) is 5.91 Å². The van der Waals surface area contributed by atoms with E-state index in [0.717, 1.165) is 22.1 Å². The van der Waals surface area contributed by atoms with Gasteiger partial charge < -0.3 is 10.2 Å². The minimum atomic E-state index is -0.377. The van der Waals surface area contributed by atoms with Gasteiger partial charge in [-0.25, -0.2) is 15.4 Å². The monoisotopic (exact) mass is 408 g/mol. The van der Waals surface area contributed by atoms with Crippen molar-refractivity contribution in [3.8, 4) is 11.5 Å². The topological polar surface area (TPSA) is 108 Å². The standard InChI is InChI=1S/C21H20N4O3S/c1-13-10-14(2)24-21(23-13)29-12-15-6-8-16(9-7-15)20(28)25-22-11-17-4-3-5-18(26)19(17)27/h3-11,26-27H,12H2,1-2H3,(H,25,28)/b22-11+. The first-order chi connectivity index (χ1) is 13.9. The highest BCUT2D eigenvalue weighted by molar-refractivity contribution is 7.98. The summed E-state index contributed by atoms with van der Waals surface area (Å²) in [5.41, 5.74) is 6.07. The summed E-state index contributed by atoms with van der Waals surface area (Å²) in [6.45, 7) is 3.88. The largest absolute Gasteiger partial charge is 0.504 e. The molecule has 148 valence electrons. The number of benzene rings is 2. The predicted molar refractivity (Wildman–Crippen MR) is 112 cm³/mol. The average Bonchev–Trinajstić information content (AvgIpc) is 2.69. The molecule has 0 spiro atoms. The molecule has 0 aliphatic heterocycles. The Bertz CT molecular complexity index is 1030. The van der Waals surface area contributed by atoms with Gasteiger partial charge in [-0.1, -0.05) is 30.0 Å². The van der Waals surface area contributed by atoms with Gasteiger partial charge in [-0.15, -0.1) is 0 Å². The number of aryl methyl sites for hydroxylation is 2. The van der Waals surface area contributed by atoms with E-state index in [1.165, 1.54) is 24.0 Å². The highest BCUT2D eigenvalue weighted by Gasteiger charge is 2.07. The molecule has 3 aromatic rings. The van der Waals surface area contributed by atoms with Crippen LogP contribution in [0.25, 0.3) is 0 Å². The van der Waals surface area contributed by atoms with Gasteiger partial charge in [-0.3, -0.25) is 4.79 Å². The number of para-hydroxylation sites is 1. The number of aromatic nitrogens is 2. The fraction of sp³-hybridized carbons (Fsp3) is 0.143. The van der Waals surface area contributed by atoms with Crippen LogP contribution in [-0.2, 0) is 5.75 Å². The van der Waals surface area contributed by atoms with Crippen LogP contribution in [-0.4, -0.2) is 32.3 Å². The van der Waals surface area contributed by atoms with Crippen molar-refractivity contribution < 1.29 is 15.0 Å². The summed E-state index contributed by atoms with van der Waals surface area (Å²) in [4.78, 5) is 21.0. The molecule has 0 bridgehead atoms. The number of thioether (sulfide) groups is 1. The first kappa shape index (κ1) is 20.3. The summed E-state index contributed by atoms with van der Waals surface area (Å²) in [5.74, 6) is -0.225. The Morgan fingerprint density at radius 3 is 2.48 bits per heavy atom. The molecule has 2 aromatic carbocycles. The number of aromatic hydroxyl groups is 2. The van der Waals surface area contributed by atoms with Gasteiger partial charge in [0.2, 0.25) is 0 Å². The Labute approximate surface area is 172 Å². The van der Waals surface area contributed by atoms with E-state index in [1.807, 2.05) is 32.0 Å². The van der Waals surface area contributed by atoms with Gasteiger partial charge in [0, 0.05) is 28.3 Å². The summed E-state index contributed by atoms with van der Waals surface area (Å²) in [6, 6.07) is 13.6. The normalized spacial score (nSPS) is 11.0. The lowest BCUT2D eigenvalue weighted by Gasteiger charge is -2.05. The molecule has 0 aliphatic carbocycles. The van der Waals surface area contributed by atoms with Crippen molar-refractivity contribution in [2.45, 2.75) is 24.8 Å². The van der Waals surface area contributed by atoms with Crippen molar-refractivity contribution in [1.82, 2.24) is 15.4 Å². The summed E-state index contributed by atoms with van der Waals surface area (Å²) in [6.07, 6.45) is 1.27. The molecule has 1 aromatic heterocycles. The third-order valence-electron chi connectivity index (χ3n) is 3.96. The van der Waals surface area contributed by atoms with Crippen molar-refractivity contribution in [2.75, 3.05) is 0 Å². The van der Waals surface area contributed by atoms with E-state index >= 15 is 0 Å². The Morgan fingerprint density at radius 2 is 1.79 bits per heavy atom. The molecule has 3 rings (SSSR count). The first-order valence-electron chi connectivity index (χ1n) is 8.81. The Balaban J connectivity index is 1.57. The molecule has 0 saturated heterocycles. The lowest BCUT2D eigenvalue weighted by Crippen LogP contribution is -2.17. The zero-order valence-corrected chi connectivity index (χ0v) is 16.8. The van der Waals surface area contributed by atoms with Crippen LogP contribution >= 0.6 is 11.8 Å². The van der Waals surface area contributed by atoms with Crippen LogP contribution in [0.4, 0.5) is 0 Å². The number of hydrogen-bond acceptors (Lipinski definition) is 7. The number of nitrogens with one attached hydrogen (secondary N) is 1. The van der Waals surface area contributed by atoms with E-state index in [0.29, 0.717) is 16.9 Å². The van der Waals surface area contributed by atoms with Crippen LogP contribution in [0.15, 0.2) is 58.8 Å². The van der Waals surface area contributed by atoms with Crippen LogP contribution in [0.1, 0.15) is 32.9 Å². The fourth-order valence-corrected chi connectivity index (χ4v) is 3.44. The SMILES string of the molecule is Cc1cc(C)nc(SCc2ccc(C(=O)N/N=C/c3cccc(O)c3O)cc2)n1. The molecule has 1 amide bonds. The van der Waals surface area contributed by atoms with E-state index in [9.17, 15) is 15.0 Å². The Hall–Kier alpha value is -3.39. The molecule has 8 heteroatoms. The molecule has 0 fully saturated rings. The highest BCUT2D eigenvalue weighted by Crippen LogP contribution is 2.26. The summed E-state index contributed by atoms with van der Waals surface area (Å²) >= 11 is 1.54. The molecular formula is C21H20N4O3S. The smallest absolute Gasteiger partial charge is 0.271 e. The van der Waals surface area contributed by atoms with Crippen molar-refractivity contribution in [1.29, 1.82) is 0 Å². The van der Waals surface area contributed by atoms with Gasteiger partial charge in [0.1, 0.15) is 0 Å². The number of carbonyl (C=O) groups is 1. The van der Waals surface area contributed by atoms with Gasteiger partial charge in [0.15, 0.2) is 16.7 Å². The van der Waals surface area contributed by atoms with Crippen molar-refractivity contribution in [3.05, 3.63) is 76.6 Å². The highest BCUT2D eigenvalue weighted by atomic mass is 32.2. The number of phenolic OH excluding ortho intramolecular Hbond substituents is 2. The number of nitrogens with zero attached hydrogens (tertiary/aromatic N) is 3. The third kappa shape index (κ3) is 5.55. The Morgan fingerprint density at radius 1 is 1.10 bits per heavy atom. The summed E-state index contributed by atoms with van der Waals surface area (Å²) in [7, 11) is 0. The number of amides is 1. The van der Waals surface area contributed by atoms with E-state index < -0.39 is 0 Å². The van der Waals surface area contributed by atoms with E-state index in [-0.39, 0.29) is 17.4 Å². The maximum absolute atomic E-state index is 12.2. The molecule has 0 saturated carbocycles. The molecule has 0 unspecified atom stereocenters. The van der Waals surface area contributed by atoms with Crippen molar-refractivity contribution >= 4 is 23.9 Å². The van der Waals surface area contributed by atoms with Crippen LogP contribution in [0.3, 0.4) is 0 Å². The minimum Gasteiger partial charge on any atom is -0.504 e. The van der Waals surface area contributed by atoms with Gasteiger partial charge in [-0.2, -0.15) is 5.10 Å². The fourth-order valence-electron chi connectivity index (χ4n) is 2.54. The second kappa shape index (κ2) is 9.20. The minimum absolute atomic E-state index is 0.250. The van der Waals surface area contributed by atoms with E-state index in [1.54, 1.807) is 24.3 Å². The Kier molecular flexibility index (Phi) is 6.46. The molecule has 0 aliphatic rings. The zero-order valence-electron chi connectivity index (χ0n) is 16.0. The molecule has 29 heavy (non-hydrogen) atoms. The average molecular weight is 408 g/mol. The lowest BCUT2D eigenvalue weighted by atomic mass is 10.1. The number of phenols is 2. The maximum Gasteiger partial charge on any atom is 0.271 e. The molecule has 7 nitrogen and oxygen atoms in total. The van der Waals surface area contributed by atoms with Gasteiger partial charge in [0.05, 0.1) is 6.21 Å². The van der Waals surface area contributed by atoms with Gasteiger partial charge >= 0.3 is 0 Å². The molecule has 0 radical (unpaired) electrons. The second-order valence-electron chi connectivity index (χ2n) is 6.33. The first-order valence-corrected chi connectivity index (χ1v) is 9.79. The van der Waals surface area contributed by atoms with Crippen LogP contribution in [0, 0.1) is 13.8 Å². The zero-order chi connectivity index (χ0) is 20.8. The molecule has 3 N–H and O–H groups in total. The predicted octanol–water partition coefficient (Wildman–Crippen LogP) is 3.56. The number of hydrazone groups is 1. The maximum atomic E-state index is 12.2. The lowest BCUT2D eigenvalue weighted by molar-refractivity contribution is 0.0955. The number of hydrogen-bond donors (Lipinski definition) is 3. The second-order valence-corrected chi connectivity index (χ2v) is 7.28. The molecule has 0 atom stereocenters. The van der Waals surface area contributed by atoms with E-state index in [2.05, 4.69) is 20.5 Å². The van der Waals surface area contributed by atoms with E-state index in [4.69, 9.17) is 0 Å². The quantitative estimate of drug-likeness (QED) is 0.189. The summed E-state index contributed by atoms with van der Waals surface area (Å²) in [5, 5.41) is 23.7. The van der Waals surface area contributed by atoms with Gasteiger partial charge in [-0.05, 0) is 49.7 Å². The molecular weight excluding hydrogens is 388 g/mol. The van der Waals surface area contributed by atoms with Crippen LogP contribution < -0.4 is 5.43 Å².